The molecule has 3 nitrogen and oxygen atoms in total. The van der Waals surface area contributed by atoms with Crippen LogP contribution < -0.4 is 9.47 Å². The van der Waals surface area contributed by atoms with Crippen molar-refractivity contribution in [2.75, 3.05) is 6.79 Å². The minimum absolute atomic E-state index is 0.254. The molecule has 1 aliphatic heterocycles. The number of hydrogen-bond acceptors (Lipinski definition) is 3. The Kier molecular flexibility index (Phi) is 5.52. The molecule has 0 saturated heterocycles. The van der Waals surface area contributed by atoms with Crippen molar-refractivity contribution in [1.82, 2.24) is 0 Å². The van der Waals surface area contributed by atoms with Crippen LogP contribution in [0.15, 0.2) is 16.6 Å². The number of fused-ring (bicyclic) bond motifs is 1. The lowest BCUT2D eigenvalue weighted by Crippen LogP contribution is -1.98. The predicted octanol–water partition coefficient (Wildman–Crippen LogP) is 4.57. The monoisotopic (exact) mass is 328 g/mol. The van der Waals surface area contributed by atoms with Gasteiger partial charge in [0.15, 0.2) is 11.5 Å². The van der Waals surface area contributed by atoms with E-state index in [9.17, 15) is 5.11 Å². The summed E-state index contributed by atoms with van der Waals surface area (Å²) < 4.78 is 11.6. The van der Waals surface area contributed by atoms with Gasteiger partial charge >= 0.3 is 0 Å². The van der Waals surface area contributed by atoms with Gasteiger partial charge in [-0.2, -0.15) is 0 Å². The highest BCUT2D eigenvalue weighted by atomic mass is 79.9. The van der Waals surface area contributed by atoms with Crippen molar-refractivity contribution in [2.45, 2.75) is 51.6 Å². The van der Waals surface area contributed by atoms with Gasteiger partial charge in [0, 0.05) is 0 Å². The third-order valence-electron chi connectivity index (χ3n) is 3.42. The second-order valence-electron chi connectivity index (χ2n) is 4.96. The summed E-state index contributed by atoms with van der Waals surface area (Å²) >= 11 is 3.45. The van der Waals surface area contributed by atoms with Crippen LogP contribution in [0, 0.1) is 0 Å². The summed E-state index contributed by atoms with van der Waals surface area (Å²) in [5, 5.41) is 10.2. The van der Waals surface area contributed by atoms with Crippen molar-refractivity contribution in [2.24, 2.45) is 0 Å². The van der Waals surface area contributed by atoms with E-state index in [1.165, 1.54) is 25.7 Å². The smallest absolute Gasteiger partial charge is 0.231 e. The Morgan fingerprint density at radius 1 is 1.21 bits per heavy atom. The van der Waals surface area contributed by atoms with Crippen LogP contribution in [-0.2, 0) is 0 Å². The van der Waals surface area contributed by atoms with Gasteiger partial charge in [-0.15, -0.1) is 0 Å². The molecule has 0 aromatic heterocycles. The summed E-state index contributed by atoms with van der Waals surface area (Å²) in [4.78, 5) is 0. The SMILES string of the molecule is CCCCCCCC(O)c1cc(Br)c2c(c1)OCO2. The molecule has 0 radical (unpaired) electrons. The Balaban J connectivity index is 1.89. The number of unbranched alkanes of at least 4 members (excludes halogenated alkanes) is 4. The van der Waals surface area contributed by atoms with Crippen molar-refractivity contribution < 1.29 is 14.6 Å². The Bertz CT molecular complexity index is 420. The molecular weight excluding hydrogens is 308 g/mol. The predicted molar refractivity (Wildman–Crippen MR) is 78.6 cm³/mol. The molecule has 2 rings (SSSR count). The largest absolute Gasteiger partial charge is 0.454 e. The average molecular weight is 329 g/mol. The maximum absolute atomic E-state index is 10.2. The van der Waals surface area contributed by atoms with Gasteiger partial charge in [0.1, 0.15) is 0 Å². The Hall–Kier alpha value is -0.740. The second-order valence-corrected chi connectivity index (χ2v) is 5.81. The molecule has 1 heterocycles. The van der Waals surface area contributed by atoms with Gasteiger partial charge in [0.05, 0.1) is 10.6 Å². The molecule has 1 aromatic rings. The molecule has 1 aliphatic rings. The summed E-state index contributed by atoms with van der Waals surface area (Å²) in [5.41, 5.74) is 0.895. The quantitative estimate of drug-likeness (QED) is 0.745. The third kappa shape index (κ3) is 3.86. The molecule has 1 aromatic carbocycles. The molecule has 19 heavy (non-hydrogen) atoms. The fourth-order valence-corrected chi connectivity index (χ4v) is 2.86. The van der Waals surface area contributed by atoms with Gasteiger partial charge in [-0.05, 0) is 40.0 Å². The molecule has 0 amide bonds. The highest BCUT2D eigenvalue weighted by molar-refractivity contribution is 9.10. The van der Waals surface area contributed by atoms with E-state index in [2.05, 4.69) is 22.9 Å². The van der Waals surface area contributed by atoms with E-state index < -0.39 is 6.10 Å². The standard InChI is InChI=1S/C15H21BrO3/c1-2-3-4-5-6-7-13(17)11-8-12(16)15-14(9-11)18-10-19-15/h8-9,13,17H,2-7,10H2,1H3. The summed E-state index contributed by atoms with van der Waals surface area (Å²) in [5.74, 6) is 1.45. The van der Waals surface area contributed by atoms with Crippen molar-refractivity contribution in [3.8, 4) is 11.5 Å². The first-order valence-electron chi connectivity index (χ1n) is 6.99. The van der Waals surface area contributed by atoms with Gasteiger partial charge in [0.2, 0.25) is 6.79 Å². The maximum atomic E-state index is 10.2. The fraction of sp³-hybridized carbons (Fsp3) is 0.600. The first kappa shape index (κ1) is 14.7. The minimum Gasteiger partial charge on any atom is -0.454 e. The van der Waals surface area contributed by atoms with Crippen LogP contribution in [-0.4, -0.2) is 11.9 Å². The first-order valence-corrected chi connectivity index (χ1v) is 7.78. The zero-order valence-corrected chi connectivity index (χ0v) is 12.9. The van der Waals surface area contributed by atoms with E-state index in [1.807, 2.05) is 12.1 Å². The topological polar surface area (TPSA) is 38.7 Å². The van der Waals surface area contributed by atoms with Crippen LogP contribution in [0.4, 0.5) is 0 Å². The van der Waals surface area contributed by atoms with Gasteiger partial charge < -0.3 is 14.6 Å². The summed E-state index contributed by atoms with van der Waals surface area (Å²) in [7, 11) is 0. The Labute approximate surface area is 123 Å². The summed E-state index contributed by atoms with van der Waals surface area (Å²) in [6.45, 7) is 2.46. The fourth-order valence-electron chi connectivity index (χ4n) is 2.29. The molecule has 1 atom stereocenters. The lowest BCUT2D eigenvalue weighted by molar-refractivity contribution is 0.162. The molecule has 0 spiro atoms. The summed E-state index contributed by atoms with van der Waals surface area (Å²) in [6, 6.07) is 3.80. The van der Waals surface area contributed by atoms with Crippen molar-refractivity contribution in [3.63, 3.8) is 0 Å². The maximum Gasteiger partial charge on any atom is 0.231 e. The van der Waals surface area contributed by atoms with Gasteiger partial charge in [-0.25, -0.2) is 0 Å². The van der Waals surface area contributed by atoms with Crippen LogP contribution in [0.5, 0.6) is 11.5 Å². The number of ether oxygens (including phenoxy) is 2. The zero-order valence-electron chi connectivity index (χ0n) is 11.3. The van der Waals surface area contributed by atoms with E-state index in [1.54, 1.807) is 0 Å². The van der Waals surface area contributed by atoms with E-state index >= 15 is 0 Å². The van der Waals surface area contributed by atoms with Crippen LogP contribution in [0.3, 0.4) is 0 Å². The highest BCUT2D eigenvalue weighted by Gasteiger charge is 2.20. The number of aliphatic hydroxyl groups is 1. The number of halogens is 1. The van der Waals surface area contributed by atoms with E-state index in [0.29, 0.717) is 0 Å². The third-order valence-corrected chi connectivity index (χ3v) is 4.00. The van der Waals surface area contributed by atoms with Crippen LogP contribution in [0.2, 0.25) is 0 Å². The van der Waals surface area contributed by atoms with Gasteiger partial charge in [-0.1, -0.05) is 39.0 Å². The Morgan fingerprint density at radius 3 is 2.79 bits per heavy atom. The first-order chi connectivity index (χ1) is 9.22. The van der Waals surface area contributed by atoms with Crippen LogP contribution in [0.25, 0.3) is 0 Å². The van der Waals surface area contributed by atoms with E-state index in [4.69, 9.17) is 9.47 Å². The normalized spacial score (nSPS) is 14.7. The molecule has 0 aliphatic carbocycles. The van der Waals surface area contributed by atoms with E-state index in [0.717, 1.165) is 34.4 Å². The van der Waals surface area contributed by atoms with Crippen LogP contribution in [0.1, 0.15) is 57.1 Å². The van der Waals surface area contributed by atoms with Crippen LogP contribution >= 0.6 is 15.9 Å². The number of hydrogen-bond donors (Lipinski definition) is 1. The molecule has 4 heteroatoms. The number of benzene rings is 1. The average Bonchev–Trinajstić information content (AvgIpc) is 2.87. The lowest BCUT2D eigenvalue weighted by atomic mass is 10.0. The van der Waals surface area contributed by atoms with Crippen molar-refractivity contribution in [1.29, 1.82) is 0 Å². The summed E-state index contributed by atoms with van der Waals surface area (Å²) in [6.07, 6.45) is 6.42. The molecule has 1 unspecified atom stereocenters. The second kappa shape index (κ2) is 7.15. The molecule has 0 saturated carbocycles. The Morgan fingerprint density at radius 2 is 2.00 bits per heavy atom. The molecule has 106 valence electrons. The number of rotatable bonds is 7. The highest BCUT2D eigenvalue weighted by Crippen LogP contribution is 2.41. The molecular formula is C15H21BrO3. The number of aliphatic hydroxyl groups excluding tert-OH is 1. The molecule has 0 fully saturated rings. The molecule has 1 N–H and O–H groups in total. The molecule has 0 bridgehead atoms. The van der Waals surface area contributed by atoms with Crippen molar-refractivity contribution >= 4 is 15.9 Å². The van der Waals surface area contributed by atoms with Gasteiger partial charge in [-0.3, -0.25) is 0 Å². The minimum atomic E-state index is -0.424. The zero-order chi connectivity index (χ0) is 13.7. The lowest BCUT2D eigenvalue weighted by Gasteiger charge is -2.12. The van der Waals surface area contributed by atoms with Crippen molar-refractivity contribution in [3.05, 3.63) is 22.2 Å². The van der Waals surface area contributed by atoms with E-state index in [-0.39, 0.29) is 6.79 Å². The van der Waals surface area contributed by atoms with Gasteiger partial charge in [0.25, 0.3) is 0 Å².